The molecule has 0 bridgehead atoms. The van der Waals surface area contributed by atoms with E-state index in [1.165, 1.54) is 13.4 Å². The molecule has 1 amide bonds. The number of nitrogens with two attached hydrogens (primary N) is 1. The average molecular weight is 254 g/mol. The van der Waals surface area contributed by atoms with E-state index in [-0.39, 0.29) is 12.6 Å². The lowest BCUT2D eigenvalue weighted by atomic mass is 10.2. The van der Waals surface area contributed by atoms with E-state index < -0.39 is 11.9 Å². The first-order chi connectivity index (χ1) is 8.45. The molecular formula is C12H18N2O4. The van der Waals surface area contributed by atoms with Crippen LogP contribution >= 0.6 is 0 Å². The van der Waals surface area contributed by atoms with Crippen molar-refractivity contribution < 1.29 is 18.7 Å². The number of primary amides is 1. The molecule has 100 valence electrons. The van der Waals surface area contributed by atoms with Gasteiger partial charge in [0.1, 0.15) is 11.3 Å². The lowest BCUT2D eigenvalue weighted by Gasteiger charge is -2.24. The lowest BCUT2D eigenvalue weighted by Crippen LogP contribution is -2.38. The van der Waals surface area contributed by atoms with Gasteiger partial charge in [-0.15, -0.1) is 0 Å². The first-order valence-electron chi connectivity index (χ1n) is 5.62. The van der Waals surface area contributed by atoms with Crippen LogP contribution in [-0.2, 0) is 16.1 Å². The van der Waals surface area contributed by atoms with Crippen molar-refractivity contribution in [2.45, 2.75) is 26.4 Å². The summed E-state index contributed by atoms with van der Waals surface area (Å²) in [6.07, 6.45) is 1.42. The Morgan fingerprint density at radius 1 is 1.50 bits per heavy atom. The third kappa shape index (κ3) is 3.59. The van der Waals surface area contributed by atoms with E-state index in [0.717, 1.165) is 0 Å². The van der Waals surface area contributed by atoms with Crippen LogP contribution in [0.2, 0.25) is 0 Å². The number of hydrogen-bond donors (Lipinski definition) is 1. The number of hydrogen-bond acceptors (Lipinski definition) is 5. The van der Waals surface area contributed by atoms with Crippen LogP contribution in [0.4, 0.5) is 0 Å². The predicted octanol–water partition coefficient (Wildman–Crippen LogP) is 0.762. The third-order valence-electron chi connectivity index (χ3n) is 2.59. The molecular weight excluding hydrogens is 236 g/mol. The summed E-state index contributed by atoms with van der Waals surface area (Å²) < 4.78 is 9.90. The number of esters is 1. The highest BCUT2D eigenvalue weighted by molar-refractivity contribution is 5.90. The minimum atomic E-state index is -0.457. The zero-order chi connectivity index (χ0) is 13.7. The van der Waals surface area contributed by atoms with Crippen LogP contribution in [0.1, 0.15) is 30.0 Å². The molecule has 0 aliphatic rings. The minimum Gasteiger partial charge on any atom is -0.467 e. The van der Waals surface area contributed by atoms with Crippen molar-refractivity contribution in [1.29, 1.82) is 0 Å². The smallest absolute Gasteiger partial charge is 0.341 e. The van der Waals surface area contributed by atoms with Crippen molar-refractivity contribution in [2.75, 3.05) is 13.7 Å². The molecule has 0 unspecified atom stereocenters. The maximum absolute atomic E-state index is 11.5. The average Bonchev–Trinajstić information content (AvgIpc) is 2.74. The molecule has 1 heterocycles. The van der Waals surface area contributed by atoms with Gasteiger partial charge in [-0.1, -0.05) is 0 Å². The van der Waals surface area contributed by atoms with Gasteiger partial charge in [0, 0.05) is 6.04 Å². The second kappa shape index (κ2) is 6.20. The largest absolute Gasteiger partial charge is 0.467 e. The second-order valence-corrected chi connectivity index (χ2v) is 4.21. The molecule has 0 spiro atoms. The quantitative estimate of drug-likeness (QED) is 0.757. The minimum absolute atomic E-state index is 0.105. The van der Waals surface area contributed by atoms with Crippen molar-refractivity contribution in [3.63, 3.8) is 0 Å². The van der Waals surface area contributed by atoms with Crippen molar-refractivity contribution >= 4 is 11.9 Å². The summed E-state index contributed by atoms with van der Waals surface area (Å²) in [5.74, 6) is -0.409. The molecule has 0 aromatic carbocycles. The first kappa shape index (κ1) is 14.2. The van der Waals surface area contributed by atoms with E-state index in [4.69, 9.17) is 10.2 Å². The van der Waals surface area contributed by atoms with E-state index in [9.17, 15) is 9.59 Å². The van der Waals surface area contributed by atoms with Crippen molar-refractivity contribution in [3.05, 3.63) is 23.7 Å². The molecule has 0 radical (unpaired) electrons. The number of carbonyl (C=O) groups excluding carboxylic acids is 2. The predicted molar refractivity (Wildman–Crippen MR) is 64.8 cm³/mol. The van der Waals surface area contributed by atoms with E-state index >= 15 is 0 Å². The van der Waals surface area contributed by atoms with Crippen molar-refractivity contribution in [3.8, 4) is 0 Å². The summed E-state index contributed by atoms with van der Waals surface area (Å²) in [5, 5.41) is 0. The van der Waals surface area contributed by atoms with Crippen LogP contribution in [0.25, 0.3) is 0 Å². The van der Waals surface area contributed by atoms with E-state index in [2.05, 4.69) is 4.74 Å². The van der Waals surface area contributed by atoms with E-state index in [0.29, 0.717) is 17.9 Å². The zero-order valence-electron chi connectivity index (χ0n) is 10.8. The van der Waals surface area contributed by atoms with Crippen molar-refractivity contribution in [1.82, 2.24) is 4.90 Å². The maximum Gasteiger partial charge on any atom is 0.341 e. The molecule has 6 heteroatoms. The second-order valence-electron chi connectivity index (χ2n) is 4.21. The molecule has 0 fully saturated rings. The molecule has 0 saturated carbocycles. The topological polar surface area (TPSA) is 85.8 Å². The Morgan fingerprint density at radius 3 is 2.67 bits per heavy atom. The molecule has 2 N–H and O–H groups in total. The fourth-order valence-electron chi connectivity index (χ4n) is 1.56. The SMILES string of the molecule is COC(=O)c1ccoc1CN(CC(N)=O)C(C)C. The normalized spacial score (nSPS) is 10.9. The number of amides is 1. The third-order valence-corrected chi connectivity index (χ3v) is 2.59. The van der Waals surface area contributed by atoms with Crippen molar-refractivity contribution in [2.24, 2.45) is 5.73 Å². The van der Waals surface area contributed by atoms with Gasteiger partial charge in [-0.25, -0.2) is 4.79 Å². The Balaban J connectivity index is 2.84. The highest BCUT2D eigenvalue weighted by Gasteiger charge is 2.20. The van der Waals surface area contributed by atoms with Crippen LogP contribution in [0.5, 0.6) is 0 Å². The Labute approximate surface area is 106 Å². The summed E-state index contributed by atoms with van der Waals surface area (Å²) in [6.45, 7) is 4.31. The monoisotopic (exact) mass is 254 g/mol. The molecule has 18 heavy (non-hydrogen) atoms. The highest BCUT2D eigenvalue weighted by atomic mass is 16.5. The summed E-state index contributed by atoms with van der Waals surface area (Å²) >= 11 is 0. The maximum atomic E-state index is 11.5. The van der Waals surface area contributed by atoms with Gasteiger partial charge in [0.25, 0.3) is 0 Å². The Kier molecular flexibility index (Phi) is 4.91. The number of rotatable bonds is 6. The summed E-state index contributed by atoms with van der Waals surface area (Å²) in [7, 11) is 1.31. The number of ether oxygens (including phenoxy) is 1. The van der Waals surface area contributed by atoms with Crippen LogP contribution in [0.3, 0.4) is 0 Å². The van der Waals surface area contributed by atoms with Gasteiger partial charge in [0.15, 0.2) is 0 Å². The van der Waals surface area contributed by atoms with Crippen LogP contribution in [0.15, 0.2) is 16.7 Å². The molecule has 0 aliphatic carbocycles. The molecule has 0 saturated heterocycles. The number of nitrogens with zero attached hydrogens (tertiary/aromatic N) is 1. The molecule has 6 nitrogen and oxygen atoms in total. The fraction of sp³-hybridized carbons (Fsp3) is 0.500. The summed E-state index contributed by atoms with van der Waals surface area (Å²) in [5.41, 5.74) is 5.55. The number of carbonyl (C=O) groups is 2. The molecule has 1 rings (SSSR count). The molecule has 0 atom stereocenters. The van der Waals surface area contributed by atoms with Crippen LogP contribution in [-0.4, -0.2) is 36.5 Å². The fourth-order valence-corrected chi connectivity index (χ4v) is 1.56. The first-order valence-corrected chi connectivity index (χ1v) is 5.62. The Bertz CT molecular complexity index is 425. The van der Waals surface area contributed by atoms with Gasteiger partial charge in [0.2, 0.25) is 5.91 Å². The van der Waals surface area contributed by atoms with E-state index in [1.807, 2.05) is 18.7 Å². The van der Waals surface area contributed by atoms with E-state index in [1.54, 1.807) is 6.07 Å². The lowest BCUT2D eigenvalue weighted by molar-refractivity contribution is -0.119. The Hall–Kier alpha value is -1.82. The zero-order valence-corrected chi connectivity index (χ0v) is 10.8. The Morgan fingerprint density at radius 2 is 2.17 bits per heavy atom. The summed E-state index contributed by atoms with van der Waals surface area (Å²) in [4.78, 5) is 24.3. The van der Waals surface area contributed by atoms with Gasteiger partial charge in [-0.2, -0.15) is 0 Å². The van der Waals surface area contributed by atoms with Gasteiger partial charge in [-0.05, 0) is 19.9 Å². The highest BCUT2D eigenvalue weighted by Crippen LogP contribution is 2.15. The summed E-state index contributed by atoms with van der Waals surface area (Å²) in [6, 6.07) is 1.65. The van der Waals surface area contributed by atoms with Crippen LogP contribution in [0, 0.1) is 0 Å². The number of furan rings is 1. The van der Waals surface area contributed by atoms with Gasteiger partial charge < -0.3 is 14.9 Å². The molecule has 1 aromatic heterocycles. The molecule has 1 aromatic rings. The van der Waals surface area contributed by atoms with Gasteiger partial charge >= 0.3 is 5.97 Å². The van der Waals surface area contributed by atoms with Gasteiger partial charge in [0.05, 0.1) is 26.5 Å². The number of methoxy groups -OCH3 is 1. The standard InChI is InChI=1S/C12H18N2O4/c1-8(2)14(7-11(13)15)6-10-9(4-5-18-10)12(16)17-3/h4-5,8H,6-7H2,1-3H3,(H2,13,15). The van der Waals surface area contributed by atoms with Gasteiger partial charge in [-0.3, -0.25) is 9.69 Å². The van der Waals surface area contributed by atoms with Crippen LogP contribution < -0.4 is 5.73 Å². The molecule has 0 aliphatic heterocycles.